The topological polar surface area (TPSA) is 146 Å². The number of aromatic nitrogens is 3. The largest absolute Gasteiger partial charge is 0.491 e. The fourth-order valence-electron chi connectivity index (χ4n) is 2.41. The van der Waals surface area contributed by atoms with E-state index in [4.69, 9.17) is 9.84 Å². The van der Waals surface area contributed by atoms with E-state index in [1.807, 2.05) is 13.8 Å². The van der Waals surface area contributed by atoms with Crippen LogP contribution in [-0.2, 0) is 20.8 Å². The van der Waals surface area contributed by atoms with Gasteiger partial charge in [0, 0.05) is 12.4 Å². The van der Waals surface area contributed by atoms with Crippen LogP contribution in [0.15, 0.2) is 46.0 Å². The van der Waals surface area contributed by atoms with E-state index in [2.05, 4.69) is 25.6 Å². The van der Waals surface area contributed by atoms with Crippen molar-refractivity contribution in [1.82, 2.24) is 15.0 Å². The van der Waals surface area contributed by atoms with Gasteiger partial charge in [-0.15, -0.1) is 0 Å². The average molecular weight is 476 g/mol. The number of nitrogens with one attached hydrogen (secondary N) is 3. The molecule has 0 bridgehead atoms. The fourth-order valence-corrected chi connectivity index (χ4v) is 4.41. The Kier molecular flexibility index (Phi) is 7.84. The number of carbonyl (C=O) groups is 3. The maximum absolute atomic E-state index is 12.4. The molecule has 0 unspecified atom stereocenters. The number of anilines is 2. The smallest absolute Gasteiger partial charge is 0.315 e. The minimum Gasteiger partial charge on any atom is -0.491 e. The second kappa shape index (κ2) is 10.8. The molecule has 0 radical (unpaired) electrons. The Hall–Kier alpha value is -3.38. The summed E-state index contributed by atoms with van der Waals surface area (Å²) in [5, 5.41) is 14.7. The van der Waals surface area contributed by atoms with E-state index >= 15 is 0 Å². The number of carboxylic acid groups (broad SMARTS) is 1. The monoisotopic (exact) mass is 475 g/mol. The quantitative estimate of drug-likeness (QED) is 0.345. The van der Waals surface area contributed by atoms with Crippen molar-refractivity contribution in [3.05, 3.63) is 42.4 Å². The zero-order chi connectivity index (χ0) is 23.1. The van der Waals surface area contributed by atoms with Gasteiger partial charge in [0.2, 0.25) is 0 Å². The van der Waals surface area contributed by atoms with Crippen LogP contribution in [0, 0.1) is 5.92 Å². The van der Waals surface area contributed by atoms with Crippen LogP contribution in [0.3, 0.4) is 0 Å². The standard InChI is InChI=1S/C20H21N5O5S2/c1-11(2)10-30-14-6-4-3-5-12(14)23-16(28)17(29)25-20-24-13(9-15(26)27)18(32-20)31-19-21-7-8-22-19/h3-8,11H,9-10H2,1-2H3,(H,21,22)(H,23,28)(H,26,27)(H,24,25,29). The molecule has 0 aliphatic rings. The minimum atomic E-state index is -1.06. The Bertz CT molecular complexity index is 1100. The molecule has 168 valence electrons. The number of rotatable bonds is 9. The summed E-state index contributed by atoms with van der Waals surface area (Å²) in [6.45, 7) is 4.46. The molecule has 0 atom stereocenters. The summed E-state index contributed by atoms with van der Waals surface area (Å²) < 4.78 is 6.23. The number of ether oxygens (including phenoxy) is 1. The number of carboxylic acids is 1. The summed E-state index contributed by atoms with van der Waals surface area (Å²) in [5.41, 5.74) is 0.639. The van der Waals surface area contributed by atoms with Crippen LogP contribution >= 0.6 is 23.1 Å². The van der Waals surface area contributed by atoms with Crippen molar-refractivity contribution in [1.29, 1.82) is 0 Å². The van der Waals surface area contributed by atoms with Crippen molar-refractivity contribution in [2.75, 3.05) is 17.2 Å². The number of thiazole rings is 1. The van der Waals surface area contributed by atoms with Crippen LogP contribution in [0.5, 0.6) is 5.75 Å². The van der Waals surface area contributed by atoms with Crippen molar-refractivity contribution in [3.63, 3.8) is 0 Å². The highest BCUT2D eigenvalue weighted by molar-refractivity contribution is 8.01. The lowest BCUT2D eigenvalue weighted by Gasteiger charge is -2.13. The Balaban J connectivity index is 1.69. The van der Waals surface area contributed by atoms with Gasteiger partial charge in [0.05, 0.1) is 28.6 Å². The molecule has 3 aromatic rings. The zero-order valence-electron chi connectivity index (χ0n) is 17.2. The Labute approximate surface area is 191 Å². The highest BCUT2D eigenvalue weighted by Crippen LogP contribution is 2.36. The van der Waals surface area contributed by atoms with Crippen LogP contribution < -0.4 is 15.4 Å². The predicted molar refractivity (Wildman–Crippen MR) is 120 cm³/mol. The van der Waals surface area contributed by atoms with Crippen LogP contribution in [0.25, 0.3) is 0 Å². The normalized spacial score (nSPS) is 10.7. The molecule has 0 aliphatic carbocycles. The van der Waals surface area contributed by atoms with E-state index < -0.39 is 17.8 Å². The number of aromatic amines is 1. The van der Waals surface area contributed by atoms with E-state index in [0.717, 1.165) is 11.3 Å². The highest BCUT2D eigenvalue weighted by Gasteiger charge is 2.21. The van der Waals surface area contributed by atoms with Crippen molar-refractivity contribution < 1.29 is 24.2 Å². The molecule has 3 rings (SSSR count). The van der Waals surface area contributed by atoms with E-state index in [0.29, 0.717) is 33.3 Å². The lowest BCUT2D eigenvalue weighted by Crippen LogP contribution is -2.29. The average Bonchev–Trinajstić information content (AvgIpc) is 3.37. The maximum atomic E-state index is 12.4. The number of amides is 2. The first-order valence-corrected chi connectivity index (χ1v) is 11.2. The predicted octanol–water partition coefficient (Wildman–Crippen LogP) is 3.26. The van der Waals surface area contributed by atoms with Gasteiger partial charge >= 0.3 is 17.8 Å². The third-order valence-electron chi connectivity index (χ3n) is 3.78. The molecule has 0 fully saturated rings. The minimum absolute atomic E-state index is 0.111. The molecule has 1 aromatic carbocycles. The number of imidazole rings is 1. The molecule has 2 amide bonds. The lowest BCUT2D eigenvalue weighted by molar-refractivity contribution is -0.136. The van der Waals surface area contributed by atoms with Crippen LogP contribution in [-0.4, -0.2) is 44.4 Å². The summed E-state index contributed by atoms with van der Waals surface area (Å²) in [6.07, 6.45) is 2.87. The third-order valence-corrected chi connectivity index (χ3v) is 5.92. The summed E-state index contributed by atoms with van der Waals surface area (Å²) in [7, 11) is 0. The van der Waals surface area contributed by atoms with Gasteiger partial charge in [-0.05, 0) is 29.8 Å². The van der Waals surface area contributed by atoms with Gasteiger partial charge in [-0.1, -0.05) is 37.3 Å². The van der Waals surface area contributed by atoms with Gasteiger partial charge in [-0.2, -0.15) is 0 Å². The van der Waals surface area contributed by atoms with Crippen molar-refractivity contribution in [3.8, 4) is 5.75 Å². The molecule has 2 heterocycles. The maximum Gasteiger partial charge on any atom is 0.315 e. The number of benzene rings is 1. The molecular weight excluding hydrogens is 454 g/mol. The first kappa shape index (κ1) is 23.3. The van der Waals surface area contributed by atoms with Crippen molar-refractivity contribution in [2.45, 2.75) is 29.6 Å². The third kappa shape index (κ3) is 6.56. The van der Waals surface area contributed by atoms with Gasteiger partial charge in [0.25, 0.3) is 0 Å². The molecule has 0 spiro atoms. The second-order valence-corrected chi connectivity index (χ2v) is 9.19. The van der Waals surface area contributed by atoms with E-state index in [1.165, 1.54) is 11.8 Å². The fraction of sp³-hybridized carbons (Fsp3) is 0.250. The summed E-state index contributed by atoms with van der Waals surface area (Å²) in [6, 6.07) is 6.82. The Morgan fingerprint density at radius 3 is 2.66 bits per heavy atom. The van der Waals surface area contributed by atoms with Crippen LogP contribution in [0.4, 0.5) is 10.8 Å². The Morgan fingerprint density at radius 1 is 1.22 bits per heavy atom. The number of hydrogen-bond donors (Lipinski definition) is 4. The highest BCUT2D eigenvalue weighted by atomic mass is 32.2. The number of aliphatic carboxylic acids is 1. The van der Waals surface area contributed by atoms with Gasteiger partial charge in [-0.3, -0.25) is 19.7 Å². The molecule has 4 N–H and O–H groups in total. The summed E-state index contributed by atoms with van der Waals surface area (Å²) in [4.78, 5) is 47.1. The second-order valence-electron chi connectivity index (χ2n) is 6.93. The van der Waals surface area contributed by atoms with E-state index in [-0.39, 0.29) is 17.2 Å². The summed E-state index contributed by atoms with van der Waals surface area (Å²) in [5.74, 6) is -2.16. The molecule has 32 heavy (non-hydrogen) atoms. The van der Waals surface area contributed by atoms with Crippen molar-refractivity contribution in [2.24, 2.45) is 5.92 Å². The van der Waals surface area contributed by atoms with Crippen molar-refractivity contribution >= 4 is 51.7 Å². The number of para-hydroxylation sites is 2. The molecule has 0 saturated heterocycles. The van der Waals surface area contributed by atoms with E-state index in [9.17, 15) is 14.4 Å². The van der Waals surface area contributed by atoms with Crippen LogP contribution in [0.1, 0.15) is 19.5 Å². The molecule has 0 saturated carbocycles. The first-order chi connectivity index (χ1) is 15.3. The number of H-pyrrole nitrogens is 1. The van der Waals surface area contributed by atoms with Gasteiger partial charge in [0.1, 0.15) is 5.75 Å². The number of hydrogen-bond acceptors (Lipinski definition) is 8. The molecule has 12 heteroatoms. The van der Waals surface area contributed by atoms with Crippen LogP contribution in [0.2, 0.25) is 0 Å². The SMILES string of the molecule is CC(C)COc1ccccc1NC(=O)C(=O)Nc1nc(CC(=O)O)c(Sc2ncc[nH]2)s1. The zero-order valence-corrected chi connectivity index (χ0v) is 18.9. The molecular formula is C20H21N5O5S2. The molecule has 2 aromatic heterocycles. The van der Waals surface area contributed by atoms with E-state index in [1.54, 1.807) is 36.7 Å². The summed E-state index contributed by atoms with van der Waals surface area (Å²) >= 11 is 2.25. The Morgan fingerprint density at radius 2 is 1.97 bits per heavy atom. The van der Waals surface area contributed by atoms with Gasteiger partial charge in [-0.25, -0.2) is 9.97 Å². The first-order valence-electron chi connectivity index (χ1n) is 9.54. The van der Waals surface area contributed by atoms with Gasteiger partial charge in [0.15, 0.2) is 10.3 Å². The lowest BCUT2D eigenvalue weighted by atomic mass is 10.2. The number of carbonyl (C=O) groups excluding carboxylic acids is 2. The number of nitrogens with zero attached hydrogens (tertiary/aromatic N) is 2. The molecule has 0 aliphatic heterocycles. The molecule has 10 nitrogen and oxygen atoms in total. The van der Waals surface area contributed by atoms with Gasteiger partial charge < -0.3 is 20.1 Å².